The Bertz CT molecular complexity index is 1210. The third kappa shape index (κ3) is 4.13. The van der Waals surface area contributed by atoms with E-state index in [1.54, 1.807) is 25.1 Å². The Labute approximate surface area is 183 Å². The van der Waals surface area contributed by atoms with Gasteiger partial charge in [-0.15, -0.1) is 0 Å². The van der Waals surface area contributed by atoms with Gasteiger partial charge in [0, 0.05) is 10.4 Å². The molecule has 0 amide bonds. The number of nitrogens with zero attached hydrogens (tertiary/aromatic N) is 1. The maximum atomic E-state index is 12.6. The number of carbonyl (C=O) groups excluding carboxylic acids is 1. The molecule has 1 aliphatic heterocycles. The predicted octanol–water partition coefficient (Wildman–Crippen LogP) is 6.69. The van der Waals surface area contributed by atoms with Gasteiger partial charge in [-0.3, -0.25) is 0 Å². The van der Waals surface area contributed by atoms with E-state index in [2.05, 4.69) is 0 Å². The van der Waals surface area contributed by atoms with Crippen LogP contribution in [0, 0.1) is 0 Å². The fourth-order valence-corrected chi connectivity index (χ4v) is 4.27. The molecule has 150 valence electrons. The third-order valence-corrected chi connectivity index (χ3v) is 5.80. The van der Waals surface area contributed by atoms with E-state index in [1.807, 2.05) is 54.6 Å². The van der Waals surface area contributed by atoms with Crippen LogP contribution >= 0.6 is 23.4 Å². The van der Waals surface area contributed by atoms with Crippen molar-refractivity contribution in [3.05, 3.63) is 93.6 Å². The second-order valence-electron chi connectivity index (χ2n) is 6.52. The van der Waals surface area contributed by atoms with Gasteiger partial charge in [0.05, 0.1) is 17.2 Å². The van der Waals surface area contributed by atoms with Gasteiger partial charge in [0.1, 0.15) is 16.4 Å². The molecule has 0 aliphatic carbocycles. The van der Waals surface area contributed by atoms with Crippen LogP contribution in [0.25, 0.3) is 16.8 Å². The van der Waals surface area contributed by atoms with E-state index in [0.717, 1.165) is 22.0 Å². The molecule has 1 aliphatic rings. The van der Waals surface area contributed by atoms with E-state index < -0.39 is 5.97 Å². The lowest BCUT2D eigenvalue weighted by atomic mass is 10.1. The van der Waals surface area contributed by atoms with Crippen molar-refractivity contribution >= 4 is 56.9 Å². The highest BCUT2D eigenvalue weighted by atomic mass is 35.5. The van der Waals surface area contributed by atoms with Crippen molar-refractivity contribution in [2.75, 3.05) is 6.61 Å². The fourth-order valence-electron chi connectivity index (χ4n) is 3.12. The number of ether oxygens (including phenoxy) is 1. The van der Waals surface area contributed by atoms with Gasteiger partial charge >= 0.3 is 5.97 Å². The van der Waals surface area contributed by atoms with Crippen molar-refractivity contribution in [2.24, 2.45) is 4.99 Å². The molecule has 1 heterocycles. The maximum Gasteiger partial charge on any atom is 0.344 e. The second kappa shape index (κ2) is 8.78. The van der Waals surface area contributed by atoms with Crippen LogP contribution in [0.2, 0.25) is 5.02 Å². The number of thioether (sulfide) groups is 1. The first kappa shape index (κ1) is 20.3. The lowest BCUT2D eigenvalue weighted by Crippen LogP contribution is -2.12. The summed E-state index contributed by atoms with van der Waals surface area (Å²) in [7, 11) is 0. The van der Waals surface area contributed by atoms with Crippen molar-refractivity contribution in [3.8, 4) is 0 Å². The monoisotopic (exact) mass is 435 g/mol. The minimum absolute atomic E-state index is 0.0787. The molecule has 0 saturated heterocycles. The minimum atomic E-state index is -0.596. The molecule has 0 fully saturated rings. The molecule has 0 saturated carbocycles. The molecule has 0 bridgehead atoms. The molecule has 0 aromatic heterocycles. The summed E-state index contributed by atoms with van der Waals surface area (Å²) >= 11 is 7.19. The van der Waals surface area contributed by atoms with Gasteiger partial charge in [0.2, 0.25) is 0 Å². The number of rotatable bonds is 4. The molecule has 4 rings (SSSR count). The van der Waals surface area contributed by atoms with Gasteiger partial charge < -0.3 is 9.84 Å². The summed E-state index contributed by atoms with van der Waals surface area (Å²) in [6.07, 6.45) is 1.79. The molecule has 1 N–H and O–H groups in total. The Hall–Kier alpha value is -3.02. The van der Waals surface area contributed by atoms with Crippen LogP contribution in [0.15, 0.2) is 88.0 Å². The van der Waals surface area contributed by atoms with Crippen molar-refractivity contribution in [1.29, 1.82) is 0 Å². The van der Waals surface area contributed by atoms with E-state index in [9.17, 15) is 9.90 Å². The molecular formula is C24H18ClNO3S. The van der Waals surface area contributed by atoms with Crippen molar-refractivity contribution in [3.63, 3.8) is 0 Å². The third-order valence-electron chi connectivity index (χ3n) is 4.53. The second-order valence-corrected chi connectivity index (χ2v) is 7.99. The molecule has 30 heavy (non-hydrogen) atoms. The highest BCUT2D eigenvalue weighted by Gasteiger charge is 2.33. The van der Waals surface area contributed by atoms with Gasteiger partial charge in [-0.05, 0) is 42.1 Å². The maximum absolute atomic E-state index is 12.6. The summed E-state index contributed by atoms with van der Waals surface area (Å²) in [6, 6.07) is 20.9. The van der Waals surface area contributed by atoms with Crippen LogP contribution in [0.5, 0.6) is 0 Å². The zero-order chi connectivity index (χ0) is 21.1. The van der Waals surface area contributed by atoms with Crippen molar-refractivity contribution < 1.29 is 14.6 Å². The van der Waals surface area contributed by atoms with Crippen LogP contribution < -0.4 is 0 Å². The standard InChI is InChI=1S/C24H18ClNO3S/c1-2-29-24(28)21-22(27)20(14-15-10-12-17(25)13-11-15)30-23(21)26-19-9-5-7-16-6-3-4-8-18(16)19/h3-14,27H,2H2,1H3. The smallest absolute Gasteiger partial charge is 0.344 e. The fraction of sp³-hybridized carbons (Fsp3) is 0.0833. The summed E-state index contributed by atoms with van der Waals surface area (Å²) in [5.74, 6) is -0.728. The zero-order valence-electron chi connectivity index (χ0n) is 16.1. The van der Waals surface area contributed by atoms with E-state index in [0.29, 0.717) is 15.0 Å². The SMILES string of the molecule is CCOC(=O)C1=C(O)C(=Cc2ccc(Cl)cc2)SC1=Nc1cccc2ccccc12. The lowest BCUT2D eigenvalue weighted by molar-refractivity contribution is -0.138. The number of aliphatic hydroxyl groups is 1. The Morgan fingerprint density at radius 2 is 1.83 bits per heavy atom. The molecular weight excluding hydrogens is 418 g/mol. The van der Waals surface area contributed by atoms with Crippen LogP contribution in [-0.2, 0) is 9.53 Å². The first-order valence-electron chi connectivity index (χ1n) is 9.39. The van der Waals surface area contributed by atoms with Gasteiger partial charge in [0.15, 0.2) is 0 Å². The summed E-state index contributed by atoms with van der Waals surface area (Å²) < 4.78 is 5.17. The summed E-state index contributed by atoms with van der Waals surface area (Å²) in [4.78, 5) is 17.8. The number of hydrogen-bond acceptors (Lipinski definition) is 5. The van der Waals surface area contributed by atoms with Gasteiger partial charge in [-0.2, -0.15) is 0 Å². The Balaban J connectivity index is 1.81. The number of fused-ring (bicyclic) bond motifs is 1. The largest absolute Gasteiger partial charge is 0.506 e. The molecule has 0 unspecified atom stereocenters. The lowest BCUT2D eigenvalue weighted by Gasteiger charge is -2.05. The van der Waals surface area contributed by atoms with Gasteiger partial charge in [-0.1, -0.05) is 71.9 Å². The van der Waals surface area contributed by atoms with E-state index in [4.69, 9.17) is 21.3 Å². The molecule has 3 aromatic rings. The van der Waals surface area contributed by atoms with Gasteiger partial charge in [0.25, 0.3) is 0 Å². The number of hydrogen-bond donors (Lipinski definition) is 1. The Kier molecular flexibility index (Phi) is 5.93. The molecule has 0 spiro atoms. The highest BCUT2D eigenvalue weighted by molar-refractivity contribution is 8.18. The van der Waals surface area contributed by atoms with E-state index >= 15 is 0 Å². The van der Waals surface area contributed by atoms with E-state index in [1.165, 1.54) is 11.8 Å². The molecule has 0 radical (unpaired) electrons. The Morgan fingerprint density at radius 1 is 1.10 bits per heavy atom. The van der Waals surface area contributed by atoms with Crippen LogP contribution in [0.1, 0.15) is 12.5 Å². The van der Waals surface area contributed by atoms with Crippen molar-refractivity contribution in [2.45, 2.75) is 6.92 Å². The Morgan fingerprint density at radius 3 is 2.60 bits per heavy atom. The van der Waals surface area contributed by atoms with Crippen molar-refractivity contribution in [1.82, 2.24) is 0 Å². The first-order chi connectivity index (χ1) is 14.6. The first-order valence-corrected chi connectivity index (χ1v) is 10.6. The highest BCUT2D eigenvalue weighted by Crippen LogP contribution is 2.41. The normalized spacial score (nSPS) is 16.6. The zero-order valence-corrected chi connectivity index (χ0v) is 17.7. The van der Waals surface area contributed by atoms with Crippen LogP contribution in [0.3, 0.4) is 0 Å². The number of benzene rings is 3. The average Bonchev–Trinajstić information content (AvgIpc) is 3.05. The number of aliphatic hydroxyl groups excluding tert-OH is 1. The number of carbonyl (C=O) groups is 1. The van der Waals surface area contributed by atoms with Crippen LogP contribution in [-0.4, -0.2) is 22.7 Å². The predicted molar refractivity (Wildman–Crippen MR) is 124 cm³/mol. The average molecular weight is 436 g/mol. The molecule has 6 heteroatoms. The summed E-state index contributed by atoms with van der Waals surface area (Å²) in [5, 5.41) is 13.8. The minimum Gasteiger partial charge on any atom is -0.506 e. The number of halogens is 1. The summed E-state index contributed by atoms with van der Waals surface area (Å²) in [5.41, 5.74) is 1.65. The number of aliphatic imine (C=N–C) groups is 1. The number of esters is 1. The molecule has 0 atom stereocenters. The van der Waals surface area contributed by atoms with Gasteiger partial charge in [-0.25, -0.2) is 9.79 Å². The van der Waals surface area contributed by atoms with E-state index in [-0.39, 0.29) is 17.9 Å². The molecule has 3 aromatic carbocycles. The quantitative estimate of drug-likeness (QED) is 0.464. The topological polar surface area (TPSA) is 58.9 Å². The van der Waals surface area contributed by atoms with Crippen LogP contribution in [0.4, 0.5) is 5.69 Å². The molecule has 4 nitrogen and oxygen atoms in total. The summed E-state index contributed by atoms with van der Waals surface area (Å²) in [6.45, 7) is 1.93.